The van der Waals surface area contributed by atoms with Gasteiger partial charge in [0.1, 0.15) is 5.69 Å². The quantitative estimate of drug-likeness (QED) is 0.755. The van der Waals surface area contributed by atoms with Crippen molar-refractivity contribution >= 4 is 22.4 Å². The minimum atomic E-state index is -0.301. The number of carbonyl (C=O) groups excluding carboxylic acids is 1. The first-order valence-corrected chi connectivity index (χ1v) is 5.84. The third-order valence-corrected chi connectivity index (χ3v) is 2.53. The van der Waals surface area contributed by atoms with Gasteiger partial charge in [-0.3, -0.25) is 9.78 Å². The molecule has 0 atom stereocenters. The number of rotatable bonds is 1. The fourth-order valence-corrected chi connectivity index (χ4v) is 1.83. The molecule has 0 aliphatic heterocycles. The predicted molar refractivity (Wildman–Crippen MR) is 73.4 cm³/mol. The highest BCUT2D eigenvalue weighted by atomic mass is 16.2. The molecular weight excluding hydrogens is 226 g/mol. The second-order valence-electron chi connectivity index (χ2n) is 5.31. The molecule has 94 valence electrons. The van der Waals surface area contributed by atoms with Crippen molar-refractivity contribution in [1.82, 2.24) is 10.3 Å². The molecule has 0 bridgehead atoms. The third kappa shape index (κ3) is 2.42. The van der Waals surface area contributed by atoms with E-state index >= 15 is 0 Å². The Morgan fingerprint density at radius 3 is 2.67 bits per heavy atom. The largest absolute Gasteiger partial charge is 0.398 e. The normalized spacial score (nSPS) is 11.5. The number of anilines is 1. The highest BCUT2D eigenvalue weighted by Crippen LogP contribution is 2.23. The SMILES string of the molecule is CC(C)(C)NC(=O)c1nccc2cccc(N)c12. The number of hydrogen-bond donors (Lipinski definition) is 2. The van der Waals surface area contributed by atoms with Crippen molar-refractivity contribution in [3.63, 3.8) is 0 Å². The number of carbonyl (C=O) groups is 1. The fraction of sp³-hybridized carbons (Fsp3) is 0.286. The maximum absolute atomic E-state index is 12.2. The second kappa shape index (κ2) is 4.29. The van der Waals surface area contributed by atoms with E-state index in [4.69, 9.17) is 5.73 Å². The Kier molecular flexibility index (Phi) is 2.95. The van der Waals surface area contributed by atoms with Crippen LogP contribution in [0.15, 0.2) is 30.5 Å². The Morgan fingerprint density at radius 2 is 2.00 bits per heavy atom. The zero-order valence-electron chi connectivity index (χ0n) is 10.8. The first-order chi connectivity index (χ1) is 8.38. The number of fused-ring (bicyclic) bond motifs is 1. The minimum absolute atomic E-state index is 0.203. The van der Waals surface area contributed by atoms with Crippen LogP contribution < -0.4 is 11.1 Å². The lowest BCUT2D eigenvalue weighted by molar-refractivity contribution is 0.0916. The molecule has 4 nitrogen and oxygen atoms in total. The zero-order chi connectivity index (χ0) is 13.3. The third-order valence-electron chi connectivity index (χ3n) is 2.53. The Bertz CT molecular complexity index is 594. The van der Waals surface area contributed by atoms with Gasteiger partial charge in [-0.1, -0.05) is 12.1 Å². The summed E-state index contributed by atoms with van der Waals surface area (Å²) < 4.78 is 0. The Morgan fingerprint density at radius 1 is 1.28 bits per heavy atom. The molecule has 18 heavy (non-hydrogen) atoms. The van der Waals surface area contributed by atoms with Gasteiger partial charge in [-0.05, 0) is 38.3 Å². The van der Waals surface area contributed by atoms with E-state index in [1.807, 2.05) is 39.0 Å². The summed E-state index contributed by atoms with van der Waals surface area (Å²) >= 11 is 0. The molecule has 0 fully saturated rings. The summed E-state index contributed by atoms with van der Waals surface area (Å²) in [4.78, 5) is 16.4. The summed E-state index contributed by atoms with van der Waals surface area (Å²) in [5.41, 5.74) is 6.58. The van der Waals surface area contributed by atoms with Crippen molar-refractivity contribution in [1.29, 1.82) is 0 Å². The van der Waals surface area contributed by atoms with Crippen molar-refractivity contribution < 1.29 is 4.79 Å². The number of amides is 1. The average Bonchev–Trinajstić information content (AvgIpc) is 2.26. The van der Waals surface area contributed by atoms with E-state index in [-0.39, 0.29) is 11.4 Å². The standard InChI is InChI=1S/C14H17N3O/c1-14(2,3)17-13(18)12-11-9(7-8-16-12)5-4-6-10(11)15/h4-8H,15H2,1-3H3,(H,17,18). The lowest BCUT2D eigenvalue weighted by Gasteiger charge is -2.20. The van der Waals surface area contributed by atoms with E-state index in [2.05, 4.69) is 10.3 Å². The molecule has 1 aromatic carbocycles. The number of nitrogens with zero attached hydrogens (tertiary/aromatic N) is 1. The number of nitrogen functional groups attached to an aromatic ring is 1. The number of nitrogens with one attached hydrogen (secondary N) is 1. The predicted octanol–water partition coefficient (Wildman–Crippen LogP) is 2.35. The van der Waals surface area contributed by atoms with Crippen molar-refractivity contribution in [2.75, 3.05) is 5.73 Å². The molecule has 0 spiro atoms. The molecule has 1 aromatic heterocycles. The van der Waals surface area contributed by atoms with E-state index < -0.39 is 0 Å². The number of aromatic nitrogens is 1. The molecule has 0 radical (unpaired) electrons. The van der Waals surface area contributed by atoms with Gasteiger partial charge in [0.2, 0.25) is 0 Å². The van der Waals surface area contributed by atoms with E-state index in [0.29, 0.717) is 16.8 Å². The van der Waals surface area contributed by atoms with E-state index in [9.17, 15) is 4.79 Å². The van der Waals surface area contributed by atoms with E-state index in [1.54, 1.807) is 12.3 Å². The van der Waals surface area contributed by atoms with Crippen molar-refractivity contribution in [2.24, 2.45) is 0 Å². The summed E-state index contributed by atoms with van der Waals surface area (Å²) in [6.07, 6.45) is 1.62. The Balaban J connectivity index is 2.55. The minimum Gasteiger partial charge on any atom is -0.398 e. The van der Waals surface area contributed by atoms with Crippen molar-refractivity contribution in [3.8, 4) is 0 Å². The monoisotopic (exact) mass is 243 g/mol. The maximum atomic E-state index is 12.2. The van der Waals surface area contributed by atoms with Gasteiger partial charge in [0.15, 0.2) is 0 Å². The summed E-state index contributed by atoms with van der Waals surface area (Å²) in [6.45, 7) is 5.79. The highest BCUT2D eigenvalue weighted by molar-refractivity contribution is 6.09. The van der Waals surface area contributed by atoms with Gasteiger partial charge < -0.3 is 11.1 Å². The molecule has 0 unspecified atom stereocenters. The van der Waals surface area contributed by atoms with Gasteiger partial charge in [-0.2, -0.15) is 0 Å². The molecule has 1 amide bonds. The second-order valence-corrected chi connectivity index (χ2v) is 5.31. The summed E-state index contributed by atoms with van der Waals surface area (Å²) in [6, 6.07) is 7.40. The van der Waals surface area contributed by atoms with Gasteiger partial charge in [0, 0.05) is 22.8 Å². The van der Waals surface area contributed by atoms with Crippen LogP contribution in [0, 0.1) is 0 Å². The molecule has 4 heteroatoms. The fourth-order valence-electron chi connectivity index (χ4n) is 1.83. The van der Waals surface area contributed by atoms with Crippen LogP contribution in [-0.2, 0) is 0 Å². The van der Waals surface area contributed by atoms with E-state index in [0.717, 1.165) is 5.39 Å². The molecule has 2 aromatic rings. The number of hydrogen-bond acceptors (Lipinski definition) is 3. The molecule has 0 saturated heterocycles. The summed E-state index contributed by atoms with van der Waals surface area (Å²) in [5, 5.41) is 4.53. The smallest absolute Gasteiger partial charge is 0.271 e. The summed E-state index contributed by atoms with van der Waals surface area (Å²) in [5.74, 6) is -0.203. The van der Waals surface area contributed by atoms with Crippen LogP contribution in [0.5, 0.6) is 0 Å². The van der Waals surface area contributed by atoms with Crippen molar-refractivity contribution in [2.45, 2.75) is 26.3 Å². The highest BCUT2D eigenvalue weighted by Gasteiger charge is 2.19. The van der Waals surface area contributed by atoms with Gasteiger partial charge in [0.25, 0.3) is 5.91 Å². The first-order valence-electron chi connectivity index (χ1n) is 5.84. The molecule has 1 heterocycles. The Labute approximate surface area is 106 Å². The summed E-state index contributed by atoms with van der Waals surface area (Å²) in [7, 11) is 0. The van der Waals surface area contributed by atoms with Crippen LogP contribution >= 0.6 is 0 Å². The molecule has 0 aliphatic carbocycles. The average molecular weight is 243 g/mol. The van der Waals surface area contributed by atoms with Crippen LogP contribution in [0.3, 0.4) is 0 Å². The van der Waals surface area contributed by atoms with Crippen LogP contribution in [0.25, 0.3) is 10.8 Å². The van der Waals surface area contributed by atoms with Gasteiger partial charge in [-0.25, -0.2) is 0 Å². The lowest BCUT2D eigenvalue weighted by Crippen LogP contribution is -2.41. The van der Waals surface area contributed by atoms with E-state index in [1.165, 1.54) is 0 Å². The Hall–Kier alpha value is -2.10. The van der Waals surface area contributed by atoms with Gasteiger partial charge in [-0.15, -0.1) is 0 Å². The van der Waals surface area contributed by atoms with Gasteiger partial charge >= 0.3 is 0 Å². The van der Waals surface area contributed by atoms with Crippen molar-refractivity contribution in [3.05, 3.63) is 36.2 Å². The van der Waals surface area contributed by atoms with Crippen LogP contribution in [0.1, 0.15) is 31.3 Å². The van der Waals surface area contributed by atoms with Crippen LogP contribution in [-0.4, -0.2) is 16.4 Å². The maximum Gasteiger partial charge on any atom is 0.271 e. The number of pyridine rings is 1. The number of benzene rings is 1. The number of nitrogens with two attached hydrogens (primary N) is 1. The molecule has 2 rings (SSSR count). The molecule has 0 aliphatic rings. The molecule has 3 N–H and O–H groups in total. The van der Waals surface area contributed by atoms with Crippen LogP contribution in [0.2, 0.25) is 0 Å². The zero-order valence-corrected chi connectivity index (χ0v) is 10.8. The lowest BCUT2D eigenvalue weighted by atomic mass is 10.1. The topological polar surface area (TPSA) is 68.0 Å². The van der Waals surface area contributed by atoms with Crippen LogP contribution in [0.4, 0.5) is 5.69 Å². The van der Waals surface area contributed by atoms with Gasteiger partial charge in [0.05, 0.1) is 0 Å². The molecular formula is C14H17N3O. The molecule has 0 saturated carbocycles. The first kappa shape index (κ1) is 12.4.